The van der Waals surface area contributed by atoms with E-state index in [0.29, 0.717) is 0 Å². The molecule has 5 nitrogen and oxygen atoms in total. The van der Waals surface area contributed by atoms with Crippen LogP contribution in [-0.4, -0.2) is 19.4 Å². The largest absolute Gasteiger partial charge is 0.311 e. The van der Waals surface area contributed by atoms with Crippen LogP contribution < -0.4 is 4.90 Å². The van der Waals surface area contributed by atoms with Crippen LogP contribution in [0.3, 0.4) is 0 Å². The van der Waals surface area contributed by atoms with Gasteiger partial charge in [0, 0.05) is 57.3 Å². The first-order valence-corrected chi connectivity index (χ1v) is 22.9. The number of anilines is 3. The van der Waals surface area contributed by atoms with Gasteiger partial charge in [0.2, 0.25) is 0 Å². The lowest BCUT2D eigenvalue weighted by Crippen LogP contribution is -2.09. The van der Waals surface area contributed by atoms with Crippen molar-refractivity contribution >= 4 is 33.7 Å². The van der Waals surface area contributed by atoms with Gasteiger partial charge in [0.15, 0.2) is 0 Å². The normalized spacial score (nSPS) is 11.2. The topological polar surface area (TPSA) is 46.3 Å². The molecule has 0 aliphatic rings. The van der Waals surface area contributed by atoms with Gasteiger partial charge in [0.05, 0.1) is 28.1 Å². The summed E-state index contributed by atoms with van der Waals surface area (Å²) < 4.78 is 2.05. The molecule has 0 atom stereocenters. The van der Waals surface area contributed by atoms with E-state index in [0.717, 1.165) is 112 Å². The van der Waals surface area contributed by atoms with Crippen molar-refractivity contribution in [1.29, 1.82) is 0 Å². The predicted octanol–water partition coefficient (Wildman–Crippen LogP) is 16.4. The van der Waals surface area contributed by atoms with Gasteiger partial charge in [-0.25, -0.2) is 15.0 Å². The number of imidazole rings is 1. The van der Waals surface area contributed by atoms with Crippen LogP contribution >= 0.6 is 0 Å². The van der Waals surface area contributed by atoms with Crippen molar-refractivity contribution in [3.05, 3.63) is 261 Å². The molecule has 12 rings (SSSR count). The molecule has 3 heterocycles. The highest BCUT2D eigenvalue weighted by atomic mass is 15.1. The first-order chi connectivity index (χ1) is 33.7. The third-order valence-electron chi connectivity index (χ3n) is 12.7. The third-order valence-corrected chi connectivity index (χ3v) is 12.7. The Morgan fingerprint density at radius 3 is 1.18 bits per heavy atom. The van der Waals surface area contributed by atoms with Gasteiger partial charge in [0.25, 0.3) is 0 Å². The van der Waals surface area contributed by atoms with E-state index in [-0.39, 0.29) is 0 Å². The van der Waals surface area contributed by atoms with Crippen LogP contribution in [0.25, 0.3) is 95.0 Å². The molecule has 0 fully saturated rings. The summed E-state index contributed by atoms with van der Waals surface area (Å²) in [5.74, 6) is 0. The minimum atomic E-state index is 0.810. The van der Waals surface area contributed by atoms with E-state index in [2.05, 4.69) is 246 Å². The summed E-state index contributed by atoms with van der Waals surface area (Å²) in [6, 6.07) is 87.4. The smallest absolute Gasteiger partial charge is 0.137 e. The quantitative estimate of drug-likeness (QED) is 0.137. The Morgan fingerprint density at radius 2 is 0.676 bits per heavy atom. The first-order valence-electron chi connectivity index (χ1n) is 22.9. The third kappa shape index (κ3) is 7.58. The van der Waals surface area contributed by atoms with Gasteiger partial charge in [0.1, 0.15) is 5.65 Å². The maximum Gasteiger partial charge on any atom is 0.137 e. The van der Waals surface area contributed by atoms with Crippen LogP contribution in [0.5, 0.6) is 0 Å². The fraction of sp³-hybridized carbons (Fsp3) is 0. The Hall–Kier alpha value is -9.19. The highest BCUT2D eigenvalue weighted by Gasteiger charge is 2.22. The minimum absolute atomic E-state index is 0.810. The number of aromatic nitrogens is 4. The van der Waals surface area contributed by atoms with Crippen molar-refractivity contribution in [2.24, 2.45) is 0 Å². The molecule has 5 heteroatoms. The van der Waals surface area contributed by atoms with E-state index in [1.165, 1.54) is 0 Å². The van der Waals surface area contributed by atoms with Gasteiger partial charge in [-0.15, -0.1) is 0 Å². The molecule has 0 amide bonds. The number of nitrogens with zero attached hydrogens (tertiary/aromatic N) is 5. The van der Waals surface area contributed by atoms with Gasteiger partial charge in [-0.05, 0) is 81.9 Å². The number of benzene rings is 9. The molecule has 0 saturated carbocycles. The average Bonchev–Trinajstić information content (AvgIpc) is 3.87. The van der Waals surface area contributed by atoms with Crippen LogP contribution in [-0.2, 0) is 0 Å². The van der Waals surface area contributed by atoms with Gasteiger partial charge in [-0.1, -0.05) is 200 Å². The summed E-state index contributed by atoms with van der Waals surface area (Å²) in [4.78, 5) is 18.7. The summed E-state index contributed by atoms with van der Waals surface area (Å²) in [5.41, 5.74) is 20.1. The predicted molar refractivity (Wildman–Crippen MR) is 281 cm³/mol. The fourth-order valence-corrected chi connectivity index (χ4v) is 9.39. The minimum Gasteiger partial charge on any atom is -0.311 e. The lowest BCUT2D eigenvalue weighted by atomic mass is 9.89. The van der Waals surface area contributed by atoms with Gasteiger partial charge >= 0.3 is 0 Å². The highest BCUT2D eigenvalue weighted by Crippen LogP contribution is 2.44. The Morgan fingerprint density at radius 1 is 0.279 bits per heavy atom. The first kappa shape index (κ1) is 40.3. The van der Waals surface area contributed by atoms with Gasteiger partial charge in [-0.3, -0.25) is 0 Å². The van der Waals surface area contributed by atoms with Gasteiger partial charge in [-0.2, -0.15) is 0 Å². The van der Waals surface area contributed by atoms with Crippen LogP contribution in [0, 0.1) is 0 Å². The number of rotatable bonds is 10. The molecule has 0 aliphatic heterocycles. The molecule has 0 saturated heterocycles. The van der Waals surface area contributed by atoms with E-state index >= 15 is 0 Å². The van der Waals surface area contributed by atoms with E-state index in [1.807, 2.05) is 24.4 Å². The number of para-hydroxylation sites is 1. The second kappa shape index (κ2) is 17.7. The Labute approximate surface area is 395 Å². The van der Waals surface area contributed by atoms with E-state index in [1.54, 1.807) is 0 Å². The van der Waals surface area contributed by atoms with E-state index in [4.69, 9.17) is 15.0 Å². The SMILES string of the molecule is c1ccc(-c2ccccc2-c2ccc(-c3ccccc3-c3ccccc3)c3nc(-c4ccc(N(c5ccccc5)c5ccc(-c6cn7ccccc7n6)cc5)cc4)c(-c4ccccc4)nc23)cc1. The summed E-state index contributed by atoms with van der Waals surface area (Å²) in [7, 11) is 0. The molecule has 320 valence electrons. The molecule has 0 radical (unpaired) electrons. The molecule has 3 aromatic heterocycles. The zero-order valence-electron chi connectivity index (χ0n) is 37.1. The summed E-state index contributed by atoms with van der Waals surface area (Å²) in [6.45, 7) is 0. The standard InChI is InChI=1S/C63H43N5/c1-5-19-44(20-6-1)52-27-13-15-29-54(52)56-40-41-57(55-30-16-14-28-53(55)45-21-7-2-8-22-45)63-62(56)65-60(47-23-9-3-10-24-47)61(66-63)48-34-38-51(39-35-48)68(49-25-11-4-12-26-49)50-36-32-46(33-37-50)58-43-67-42-18-17-31-59(67)64-58/h1-43H. The molecule has 0 spiro atoms. The molecule has 9 aromatic carbocycles. The molecule has 0 N–H and O–H groups in total. The maximum atomic E-state index is 5.78. The van der Waals surface area contributed by atoms with E-state index in [9.17, 15) is 0 Å². The summed E-state index contributed by atoms with van der Waals surface area (Å²) >= 11 is 0. The molecule has 12 aromatic rings. The molecule has 0 aliphatic carbocycles. The second-order valence-electron chi connectivity index (χ2n) is 16.8. The molecule has 68 heavy (non-hydrogen) atoms. The zero-order chi connectivity index (χ0) is 45.2. The highest BCUT2D eigenvalue weighted by molar-refractivity contribution is 6.06. The molecule has 0 bridgehead atoms. The maximum absolute atomic E-state index is 5.78. The molecular formula is C63H43N5. The second-order valence-corrected chi connectivity index (χ2v) is 16.8. The fourth-order valence-electron chi connectivity index (χ4n) is 9.39. The molecular weight excluding hydrogens is 827 g/mol. The molecule has 0 unspecified atom stereocenters. The number of fused-ring (bicyclic) bond motifs is 2. The van der Waals surface area contributed by atoms with Crippen LogP contribution in [0.1, 0.15) is 0 Å². The van der Waals surface area contributed by atoms with Crippen LogP contribution in [0.15, 0.2) is 261 Å². The number of hydrogen-bond acceptors (Lipinski definition) is 4. The monoisotopic (exact) mass is 869 g/mol. The van der Waals surface area contributed by atoms with Crippen molar-refractivity contribution in [3.8, 4) is 78.3 Å². The Kier molecular flexibility index (Phi) is 10.5. The zero-order valence-corrected chi connectivity index (χ0v) is 37.1. The lowest BCUT2D eigenvalue weighted by Gasteiger charge is -2.26. The number of hydrogen-bond donors (Lipinski definition) is 0. The van der Waals surface area contributed by atoms with Crippen molar-refractivity contribution in [2.75, 3.05) is 4.90 Å². The average molecular weight is 870 g/mol. The van der Waals surface area contributed by atoms with Crippen molar-refractivity contribution in [3.63, 3.8) is 0 Å². The van der Waals surface area contributed by atoms with Crippen LogP contribution in [0.4, 0.5) is 17.1 Å². The van der Waals surface area contributed by atoms with Gasteiger partial charge < -0.3 is 9.30 Å². The summed E-state index contributed by atoms with van der Waals surface area (Å²) in [5, 5.41) is 0. The van der Waals surface area contributed by atoms with E-state index < -0.39 is 0 Å². The van der Waals surface area contributed by atoms with Crippen LogP contribution in [0.2, 0.25) is 0 Å². The Balaban J connectivity index is 1.04. The van der Waals surface area contributed by atoms with Crippen molar-refractivity contribution in [2.45, 2.75) is 0 Å². The Bertz CT molecular complexity index is 3670. The van der Waals surface area contributed by atoms with Crippen molar-refractivity contribution < 1.29 is 0 Å². The lowest BCUT2D eigenvalue weighted by molar-refractivity contribution is 1.19. The van der Waals surface area contributed by atoms with Crippen molar-refractivity contribution in [1.82, 2.24) is 19.4 Å². The number of pyridine rings is 1. The summed E-state index contributed by atoms with van der Waals surface area (Å²) in [6.07, 6.45) is 4.10.